The molecular formula is C19H13N3. The van der Waals surface area contributed by atoms with Crippen LogP contribution in [0, 0.1) is 0 Å². The van der Waals surface area contributed by atoms with Gasteiger partial charge >= 0.3 is 0 Å². The Morgan fingerprint density at radius 3 is 2.32 bits per heavy atom. The van der Waals surface area contributed by atoms with Crippen molar-refractivity contribution in [1.29, 1.82) is 0 Å². The molecule has 0 aliphatic carbocycles. The van der Waals surface area contributed by atoms with Crippen LogP contribution in [0.1, 0.15) is 0 Å². The quantitative estimate of drug-likeness (QED) is 0.453. The first-order chi connectivity index (χ1) is 10.9. The number of rotatable bonds is 1. The summed E-state index contributed by atoms with van der Waals surface area (Å²) in [6.07, 6.45) is 0. The number of fused-ring (bicyclic) bond motifs is 4. The maximum atomic E-state index is 4.69. The second kappa shape index (κ2) is 4.21. The van der Waals surface area contributed by atoms with E-state index >= 15 is 0 Å². The summed E-state index contributed by atoms with van der Waals surface area (Å²) in [6, 6.07) is 22.9. The molecule has 0 spiro atoms. The third kappa shape index (κ3) is 1.59. The van der Waals surface area contributed by atoms with Gasteiger partial charge in [0, 0.05) is 27.4 Å². The van der Waals surface area contributed by atoms with Gasteiger partial charge in [-0.15, -0.1) is 0 Å². The Bertz CT molecular complexity index is 1100. The standard InChI is InChI=1S/C19H13N3/c1-2-6-15-13(5-1)14-11-12(9-10-16(14)20-15)19-21-17-7-3-4-8-18(17)22-19/h1-11,20H,(H,21,22). The van der Waals surface area contributed by atoms with E-state index in [1.165, 1.54) is 16.3 Å². The zero-order valence-corrected chi connectivity index (χ0v) is 11.8. The van der Waals surface area contributed by atoms with Gasteiger partial charge < -0.3 is 9.97 Å². The van der Waals surface area contributed by atoms with Crippen molar-refractivity contribution < 1.29 is 0 Å². The van der Waals surface area contributed by atoms with Crippen LogP contribution in [0.2, 0.25) is 0 Å². The average Bonchev–Trinajstić information content (AvgIpc) is 3.15. The monoisotopic (exact) mass is 283 g/mol. The van der Waals surface area contributed by atoms with Crippen LogP contribution in [0.5, 0.6) is 0 Å². The van der Waals surface area contributed by atoms with Crippen LogP contribution in [-0.4, -0.2) is 15.0 Å². The van der Waals surface area contributed by atoms with Crippen molar-refractivity contribution in [2.45, 2.75) is 0 Å². The minimum absolute atomic E-state index is 0.911. The molecule has 5 aromatic rings. The van der Waals surface area contributed by atoms with E-state index in [9.17, 15) is 0 Å². The number of nitrogens with one attached hydrogen (secondary N) is 2. The first kappa shape index (κ1) is 11.6. The van der Waals surface area contributed by atoms with Crippen LogP contribution in [0.15, 0.2) is 66.7 Å². The summed E-state index contributed by atoms with van der Waals surface area (Å²) in [6.45, 7) is 0. The summed E-state index contributed by atoms with van der Waals surface area (Å²) in [7, 11) is 0. The molecular weight excluding hydrogens is 270 g/mol. The molecule has 0 bridgehead atoms. The maximum absolute atomic E-state index is 4.69. The summed E-state index contributed by atoms with van der Waals surface area (Å²) in [5.74, 6) is 0.911. The molecule has 0 radical (unpaired) electrons. The topological polar surface area (TPSA) is 44.5 Å². The number of para-hydroxylation sites is 3. The highest BCUT2D eigenvalue weighted by Crippen LogP contribution is 2.29. The third-order valence-corrected chi connectivity index (χ3v) is 4.17. The predicted molar refractivity (Wildman–Crippen MR) is 90.9 cm³/mol. The van der Waals surface area contributed by atoms with Crippen molar-refractivity contribution in [3.63, 3.8) is 0 Å². The fourth-order valence-electron chi connectivity index (χ4n) is 3.08. The number of H-pyrrole nitrogens is 2. The average molecular weight is 283 g/mol. The molecule has 3 nitrogen and oxygen atoms in total. The molecule has 3 aromatic carbocycles. The summed E-state index contributed by atoms with van der Waals surface area (Å²) in [5.41, 5.74) is 5.49. The van der Waals surface area contributed by atoms with Gasteiger partial charge in [0.25, 0.3) is 0 Å². The van der Waals surface area contributed by atoms with Crippen molar-refractivity contribution in [2.75, 3.05) is 0 Å². The lowest BCUT2D eigenvalue weighted by atomic mass is 10.1. The van der Waals surface area contributed by atoms with E-state index in [2.05, 4.69) is 63.5 Å². The van der Waals surface area contributed by atoms with Crippen LogP contribution in [0.4, 0.5) is 0 Å². The predicted octanol–water partition coefficient (Wildman–Crippen LogP) is 4.86. The Hall–Kier alpha value is -3.07. The van der Waals surface area contributed by atoms with E-state index in [0.29, 0.717) is 0 Å². The highest BCUT2D eigenvalue weighted by Gasteiger charge is 2.08. The highest BCUT2D eigenvalue weighted by molar-refractivity contribution is 6.08. The molecule has 0 fully saturated rings. The van der Waals surface area contributed by atoms with Gasteiger partial charge in [0.1, 0.15) is 5.82 Å². The van der Waals surface area contributed by atoms with E-state index in [0.717, 1.165) is 27.9 Å². The Morgan fingerprint density at radius 2 is 1.41 bits per heavy atom. The van der Waals surface area contributed by atoms with Gasteiger partial charge in [-0.3, -0.25) is 0 Å². The number of aromatic nitrogens is 3. The van der Waals surface area contributed by atoms with Crippen LogP contribution in [0.25, 0.3) is 44.2 Å². The Balaban J connectivity index is 1.78. The molecule has 2 N–H and O–H groups in total. The van der Waals surface area contributed by atoms with Gasteiger partial charge in [-0.1, -0.05) is 30.3 Å². The van der Waals surface area contributed by atoms with Crippen molar-refractivity contribution in [2.24, 2.45) is 0 Å². The van der Waals surface area contributed by atoms with Crippen LogP contribution in [0.3, 0.4) is 0 Å². The molecule has 0 aliphatic heterocycles. The number of aromatic amines is 2. The Kier molecular flexibility index (Phi) is 2.22. The number of imidazole rings is 1. The molecule has 0 atom stereocenters. The summed E-state index contributed by atoms with van der Waals surface area (Å²) >= 11 is 0. The van der Waals surface area contributed by atoms with E-state index < -0.39 is 0 Å². The van der Waals surface area contributed by atoms with Crippen molar-refractivity contribution in [3.05, 3.63) is 66.7 Å². The largest absolute Gasteiger partial charge is 0.355 e. The maximum Gasteiger partial charge on any atom is 0.138 e. The zero-order valence-electron chi connectivity index (χ0n) is 11.8. The third-order valence-electron chi connectivity index (χ3n) is 4.17. The second-order valence-electron chi connectivity index (χ2n) is 5.53. The number of hydrogen-bond acceptors (Lipinski definition) is 1. The first-order valence-corrected chi connectivity index (χ1v) is 7.34. The number of hydrogen-bond donors (Lipinski definition) is 2. The van der Waals surface area contributed by atoms with E-state index in [1.54, 1.807) is 0 Å². The molecule has 22 heavy (non-hydrogen) atoms. The minimum atomic E-state index is 0.911. The van der Waals surface area contributed by atoms with Crippen LogP contribution >= 0.6 is 0 Å². The fraction of sp³-hybridized carbons (Fsp3) is 0. The van der Waals surface area contributed by atoms with Gasteiger partial charge in [-0.25, -0.2) is 4.98 Å². The van der Waals surface area contributed by atoms with Crippen molar-refractivity contribution in [1.82, 2.24) is 15.0 Å². The molecule has 0 unspecified atom stereocenters. The highest BCUT2D eigenvalue weighted by atomic mass is 14.9. The normalized spacial score (nSPS) is 11.6. The molecule has 3 heteroatoms. The SMILES string of the molecule is c1ccc2[nH]c(-c3ccc4[nH]c5ccccc5c4c3)nc2c1. The molecule has 0 amide bonds. The molecule has 2 heterocycles. The first-order valence-electron chi connectivity index (χ1n) is 7.34. The number of benzene rings is 3. The Morgan fingerprint density at radius 1 is 0.636 bits per heavy atom. The molecule has 0 saturated heterocycles. The lowest BCUT2D eigenvalue weighted by molar-refractivity contribution is 1.34. The van der Waals surface area contributed by atoms with Gasteiger partial charge in [0.05, 0.1) is 11.0 Å². The van der Waals surface area contributed by atoms with Crippen molar-refractivity contribution >= 4 is 32.8 Å². The van der Waals surface area contributed by atoms with E-state index in [4.69, 9.17) is 0 Å². The van der Waals surface area contributed by atoms with Gasteiger partial charge in [0.15, 0.2) is 0 Å². The lowest BCUT2D eigenvalue weighted by Gasteiger charge is -1.97. The van der Waals surface area contributed by atoms with Crippen LogP contribution < -0.4 is 0 Å². The molecule has 5 rings (SSSR count). The molecule has 2 aromatic heterocycles. The molecule has 0 saturated carbocycles. The van der Waals surface area contributed by atoms with Gasteiger partial charge in [-0.05, 0) is 36.4 Å². The Labute approximate surface area is 126 Å². The smallest absolute Gasteiger partial charge is 0.138 e. The zero-order chi connectivity index (χ0) is 14.5. The molecule has 104 valence electrons. The second-order valence-corrected chi connectivity index (χ2v) is 5.53. The summed E-state index contributed by atoms with van der Waals surface area (Å²) in [5, 5.41) is 2.48. The number of nitrogens with zero attached hydrogens (tertiary/aromatic N) is 1. The summed E-state index contributed by atoms with van der Waals surface area (Å²) in [4.78, 5) is 11.5. The summed E-state index contributed by atoms with van der Waals surface area (Å²) < 4.78 is 0. The van der Waals surface area contributed by atoms with E-state index in [1.807, 2.05) is 18.2 Å². The van der Waals surface area contributed by atoms with Crippen molar-refractivity contribution in [3.8, 4) is 11.4 Å². The van der Waals surface area contributed by atoms with Gasteiger partial charge in [-0.2, -0.15) is 0 Å². The molecule has 0 aliphatic rings. The fourth-order valence-corrected chi connectivity index (χ4v) is 3.08. The van der Waals surface area contributed by atoms with E-state index in [-0.39, 0.29) is 0 Å². The van der Waals surface area contributed by atoms with Gasteiger partial charge in [0.2, 0.25) is 0 Å². The minimum Gasteiger partial charge on any atom is -0.355 e. The van der Waals surface area contributed by atoms with Crippen LogP contribution in [-0.2, 0) is 0 Å². The lowest BCUT2D eigenvalue weighted by Crippen LogP contribution is -1.80.